The van der Waals surface area contributed by atoms with E-state index in [0.29, 0.717) is 13.0 Å². The highest BCUT2D eigenvalue weighted by Crippen LogP contribution is 2.24. The van der Waals surface area contributed by atoms with Crippen LogP contribution < -0.4 is 15.1 Å². The van der Waals surface area contributed by atoms with Crippen molar-refractivity contribution in [1.82, 2.24) is 10.2 Å². The average Bonchev–Trinajstić information content (AvgIpc) is 3.30. The van der Waals surface area contributed by atoms with Crippen molar-refractivity contribution < 1.29 is 9.18 Å². The molecule has 2 fully saturated rings. The normalized spacial score (nSPS) is 16.9. The summed E-state index contributed by atoms with van der Waals surface area (Å²) in [4.78, 5) is 19.1. The molecule has 2 aliphatic rings. The van der Waals surface area contributed by atoms with Crippen molar-refractivity contribution in [2.45, 2.75) is 19.3 Å². The van der Waals surface area contributed by atoms with E-state index < -0.39 is 0 Å². The standard InChI is InChI=1S/C23H29FN4O/c24-20-5-3-19(4-6-20)11-12-25-23(29)28-17-15-27(16-18-28)22-9-7-21(8-10-22)26-13-1-2-14-26/h3-10H,1-2,11-18H2,(H,25,29). The summed E-state index contributed by atoms with van der Waals surface area (Å²) in [5, 5.41) is 2.98. The molecule has 0 spiro atoms. The lowest BCUT2D eigenvalue weighted by Crippen LogP contribution is -2.52. The van der Waals surface area contributed by atoms with Gasteiger partial charge in [-0.1, -0.05) is 12.1 Å². The number of rotatable bonds is 5. The molecule has 0 bridgehead atoms. The molecule has 4 rings (SSSR count). The molecular weight excluding hydrogens is 367 g/mol. The summed E-state index contributed by atoms with van der Waals surface area (Å²) in [7, 11) is 0. The largest absolute Gasteiger partial charge is 0.372 e. The Hall–Kier alpha value is -2.76. The fourth-order valence-corrected chi connectivity index (χ4v) is 4.09. The Morgan fingerprint density at radius 3 is 1.93 bits per heavy atom. The van der Waals surface area contributed by atoms with Gasteiger partial charge in [0.25, 0.3) is 0 Å². The van der Waals surface area contributed by atoms with E-state index in [4.69, 9.17) is 0 Å². The topological polar surface area (TPSA) is 38.8 Å². The van der Waals surface area contributed by atoms with Crippen LogP contribution in [0, 0.1) is 5.82 Å². The van der Waals surface area contributed by atoms with E-state index in [1.807, 2.05) is 4.90 Å². The fourth-order valence-electron chi connectivity index (χ4n) is 4.09. The first-order valence-electron chi connectivity index (χ1n) is 10.6. The van der Waals surface area contributed by atoms with Crippen molar-refractivity contribution in [3.05, 3.63) is 59.9 Å². The molecule has 0 aromatic heterocycles. The van der Waals surface area contributed by atoms with Gasteiger partial charge in [0.2, 0.25) is 0 Å². The number of hydrogen-bond acceptors (Lipinski definition) is 3. The van der Waals surface area contributed by atoms with Gasteiger partial charge < -0.3 is 20.0 Å². The van der Waals surface area contributed by atoms with Crippen LogP contribution in [0.1, 0.15) is 18.4 Å². The van der Waals surface area contributed by atoms with E-state index in [0.717, 1.165) is 44.8 Å². The first-order valence-corrected chi connectivity index (χ1v) is 10.6. The molecule has 1 N–H and O–H groups in total. The number of hydrogen-bond donors (Lipinski definition) is 1. The molecular formula is C23H29FN4O. The third kappa shape index (κ3) is 5.00. The molecule has 0 saturated carbocycles. The molecule has 2 aromatic carbocycles. The summed E-state index contributed by atoms with van der Waals surface area (Å²) in [6.45, 7) is 6.00. The van der Waals surface area contributed by atoms with Gasteiger partial charge in [0.1, 0.15) is 5.82 Å². The van der Waals surface area contributed by atoms with Crippen LogP contribution in [0.2, 0.25) is 0 Å². The van der Waals surface area contributed by atoms with Crippen LogP contribution in [0.3, 0.4) is 0 Å². The summed E-state index contributed by atoms with van der Waals surface area (Å²) in [6.07, 6.45) is 3.28. The smallest absolute Gasteiger partial charge is 0.317 e. The van der Waals surface area contributed by atoms with Crippen LogP contribution >= 0.6 is 0 Å². The predicted molar refractivity (Wildman–Crippen MR) is 115 cm³/mol. The molecule has 5 nitrogen and oxygen atoms in total. The molecule has 0 radical (unpaired) electrons. The molecule has 2 heterocycles. The Labute approximate surface area is 172 Å². The number of anilines is 2. The highest BCUT2D eigenvalue weighted by atomic mass is 19.1. The van der Waals surface area contributed by atoms with Gasteiger partial charge in [-0.3, -0.25) is 0 Å². The quantitative estimate of drug-likeness (QED) is 0.841. The fraction of sp³-hybridized carbons (Fsp3) is 0.435. The number of carbonyl (C=O) groups is 1. The van der Waals surface area contributed by atoms with Crippen LogP contribution in [0.25, 0.3) is 0 Å². The molecule has 154 valence electrons. The summed E-state index contributed by atoms with van der Waals surface area (Å²) in [6, 6.07) is 15.2. The third-order valence-corrected chi connectivity index (χ3v) is 5.86. The van der Waals surface area contributed by atoms with E-state index in [1.54, 1.807) is 12.1 Å². The lowest BCUT2D eigenvalue weighted by atomic mass is 10.1. The van der Waals surface area contributed by atoms with Gasteiger partial charge in [0, 0.05) is 57.2 Å². The minimum atomic E-state index is -0.235. The number of piperazine rings is 1. The van der Waals surface area contributed by atoms with Crippen LogP contribution in [-0.4, -0.2) is 56.7 Å². The zero-order valence-corrected chi connectivity index (χ0v) is 16.8. The summed E-state index contributed by atoms with van der Waals surface area (Å²) < 4.78 is 12.9. The van der Waals surface area contributed by atoms with Crippen LogP contribution in [0.15, 0.2) is 48.5 Å². The minimum Gasteiger partial charge on any atom is -0.372 e. The Bertz CT molecular complexity index is 795. The molecule has 0 atom stereocenters. The molecule has 0 unspecified atom stereocenters. The average molecular weight is 397 g/mol. The number of nitrogens with one attached hydrogen (secondary N) is 1. The molecule has 6 heteroatoms. The number of urea groups is 1. The van der Waals surface area contributed by atoms with Crippen molar-refractivity contribution >= 4 is 17.4 Å². The maximum Gasteiger partial charge on any atom is 0.317 e. The molecule has 29 heavy (non-hydrogen) atoms. The third-order valence-electron chi connectivity index (χ3n) is 5.86. The van der Waals surface area contributed by atoms with Crippen molar-refractivity contribution in [3.8, 4) is 0 Å². The van der Waals surface area contributed by atoms with Gasteiger partial charge in [0.15, 0.2) is 0 Å². The first-order chi connectivity index (χ1) is 14.2. The summed E-state index contributed by atoms with van der Waals surface area (Å²) in [5.41, 5.74) is 3.56. The molecule has 0 aliphatic carbocycles. The Balaban J connectivity index is 1.21. The monoisotopic (exact) mass is 396 g/mol. The minimum absolute atomic E-state index is 0.0175. The predicted octanol–water partition coefficient (Wildman–Crippen LogP) is 3.50. The summed E-state index contributed by atoms with van der Waals surface area (Å²) in [5.74, 6) is -0.235. The Morgan fingerprint density at radius 2 is 1.34 bits per heavy atom. The highest BCUT2D eigenvalue weighted by Gasteiger charge is 2.21. The van der Waals surface area contributed by atoms with Gasteiger partial charge in [-0.05, 0) is 61.2 Å². The van der Waals surface area contributed by atoms with E-state index in [1.165, 1.54) is 36.3 Å². The van der Waals surface area contributed by atoms with Crippen molar-refractivity contribution in [2.24, 2.45) is 0 Å². The second-order valence-electron chi connectivity index (χ2n) is 7.79. The van der Waals surface area contributed by atoms with Gasteiger partial charge in [-0.15, -0.1) is 0 Å². The molecule has 2 amide bonds. The van der Waals surface area contributed by atoms with Gasteiger partial charge >= 0.3 is 6.03 Å². The molecule has 2 saturated heterocycles. The van der Waals surface area contributed by atoms with Gasteiger partial charge in [-0.2, -0.15) is 0 Å². The van der Waals surface area contributed by atoms with E-state index in [-0.39, 0.29) is 11.8 Å². The van der Waals surface area contributed by atoms with Crippen LogP contribution in [-0.2, 0) is 6.42 Å². The van der Waals surface area contributed by atoms with Crippen molar-refractivity contribution in [2.75, 3.05) is 55.6 Å². The highest BCUT2D eigenvalue weighted by molar-refractivity contribution is 5.74. The molecule has 2 aromatic rings. The maximum atomic E-state index is 12.9. The van der Waals surface area contributed by atoms with E-state index >= 15 is 0 Å². The van der Waals surface area contributed by atoms with Crippen molar-refractivity contribution in [1.29, 1.82) is 0 Å². The number of nitrogens with zero attached hydrogens (tertiary/aromatic N) is 3. The van der Waals surface area contributed by atoms with Crippen LogP contribution in [0.4, 0.5) is 20.6 Å². The zero-order valence-electron chi connectivity index (χ0n) is 16.8. The van der Waals surface area contributed by atoms with Crippen LogP contribution in [0.5, 0.6) is 0 Å². The zero-order chi connectivity index (χ0) is 20.1. The Morgan fingerprint density at radius 1 is 0.793 bits per heavy atom. The number of halogens is 1. The number of carbonyl (C=O) groups excluding carboxylic acids is 1. The SMILES string of the molecule is O=C(NCCc1ccc(F)cc1)N1CCN(c2ccc(N3CCCC3)cc2)CC1. The van der Waals surface area contributed by atoms with E-state index in [2.05, 4.69) is 39.4 Å². The maximum absolute atomic E-state index is 12.9. The second kappa shape index (κ2) is 9.16. The summed E-state index contributed by atoms with van der Waals surface area (Å²) >= 11 is 0. The molecule has 2 aliphatic heterocycles. The lowest BCUT2D eigenvalue weighted by Gasteiger charge is -2.36. The number of benzene rings is 2. The van der Waals surface area contributed by atoms with E-state index in [9.17, 15) is 9.18 Å². The van der Waals surface area contributed by atoms with Gasteiger partial charge in [0.05, 0.1) is 0 Å². The Kier molecular flexibility index (Phi) is 6.17. The first kappa shape index (κ1) is 19.6. The lowest BCUT2D eigenvalue weighted by molar-refractivity contribution is 0.194. The van der Waals surface area contributed by atoms with Crippen molar-refractivity contribution in [3.63, 3.8) is 0 Å². The second-order valence-corrected chi connectivity index (χ2v) is 7.79. The van der Waals surface area contributed by atoms with Gasteiger partial charge in [-0.25, -0.2) is 9.18 Å². The number of amides is 2.